The summed E-state index contributed by atoms with van der Waals surface area (Å²) >= 11 is 0. The van der Waals surface area contributed by atoms with Crippen molar-refractivity contribution in [3.8, 4) is 5.75 Å². The molecule has 0 spiro atoms. The molecule has 5 nitrogen and oxygen atoms in total. The summed E-state index contributed by atoms with van der Waals surface area (Å²) in [6.07, 6.45) is 0. The van der Waals surface area contributed by atoms with Crippen molar-refractivity contribution in [3.05, 3.63) is 88.7 Å². The van der Waals surface area contributed by atoms with Gasteiger partial charge in [0.25, 0.3) is 0 Å². The van der Waals surface area contributed by atoms with Crippen LogP contribution < -0.4 is 10.1 Å². The van der Waals surface area contributed by atoms with Crippen LogP contribution in [0.5, 0.6) is 5.75 Å². The van der Waals surface area contributed by atoms with Crippen LogP contribution in [0.25, 0.3) is 11.0 Å². The van der Waals surface area contributed by atoms with Gasteiger partial charge in [-0.05, 0) is 80.3 Å². The van der Waals surface area contributed by atoms with Gasteiger partial charge in [0.1, 0.15) is 24.7 Å². The summed E-state index contributed by atoms with van der Waals surface area (Å²) in [4.78, 5) is 17.6. The van der Waals surface area contributed by atoms with E-state index in [-0.39, 0.29) is 19.1 Å². The van der Waals surface area contributed by atoms with Gasteiger partial charge in [-0.2, -0.15) is 0 Å². The third-order valence-electron chi connectivity index (χ3n) is 5.53. The molecular weight excluding hydrogens is 386 g/mol. The fourth-order valence-electron chi connectivity index (χ4n) is 3.58. The number of nitrogens with one attached hydrogen (secondary N) is 1. The van der Waals surface area contributed by atoms with Crippen LogP contribution in [0.15, 0.2) is 60.7 Å². The summed E-state index contributed by atoms with van der Waals surface area (Å²) in [6, 6.07) is 19.9. The number of amides is 1. The van der Waals surface area contributed by atoms with Crippen molar-refractivity contribution in [2.75, 3.05) is 5.32 Å². The highest BCUT2D eigenvalue weighted by Crippen LogP contribution is 2.22. The minimum atomic E-state index is -0.0978. The fraction of sp³-hybridized carbons (Fsp3) is 0.231. The van der Waals surface area contributed by atoms with E-state index in [0.29, 0.717) is 0 Å². The third-order valence-corrected chi connectivity index (χ3v) is 5.53. The Bertz CT molecular complexity index is 1260. The number of imidazole rings is 1. The van der Waals surface area contributed by atoms with Gasteiger partial charge in [-0.15, -0.1) is 0 Å². The Morgan fingerprint density at radius 2 is 1.71 bits per heavy atom. The van der Waals surface area contributed by atoms with E-state index in [1.54, 1.807) is 0 Å². The molecule has 1 amide bonds. The number of fused-ring (bicyclic) bond motifs is 1. The smallest absolute Gasteiger partial charge is 0.244 e. The van der Waals surface area contributed by atoms with E-state index >= 15 is 0 Å². The van der Waals surface area contributed by atoms with Gasteiger partial charge in [0, 0.05) is 5.69 Å². The lowest BCUT2D eigenvalue weighted by atomic mass is 10.1. The predicted octanol–water partition coefficient (Wildman–Crippen LogP) is 5.49. The Morgan fingerprint density at radius 1 is 0.935 bits per heavy atom. The van der Waals surface area contributed by atoms with E-state index in [4.69, 9.17) is 9.72 Å². The standard InChI is InChI=1S/C26H27N3O2/c1-17-9-10-19(3)24(13-17)31-16-25-28-22-7-5-6-8-23(22)29(25)15-26(30)27-21-12-11-18(2)20(4)14-21/h5-14H,15-16H2,1-4H3,(H,27,30). The molecule has 0 aliphatic carbocycles. The van der Waals surface area contributed by atoms with Crippen LogP contribution >= 0.6 is 0 Å². The molecule has 31 heavy (non-hydrogen) atoms. The Hall–Kier alpha value is -3.60. The number of carbonyl (C=O) groups is 1. The molecule has 0 fully saturated rings. The van der Waals surface area contributed by atoms with Crippen molar-refractivity contribution in [2.45, 2.75) is 40.8 Å². The van der Waals surface area contributed by atoms with Crippen LogP contribution in [0, 0.1) is 27.7 Å². The zero-order valence-electron chi connectivity index (χ0n) is 18.4. The number of rotatable bonds is 6. The van der Waals surface area contributed by atoms with Crippen molar-refractivity contribution in [1.82, 2.24) is 9.55 Å². The molecule has 4 rings (SSSR count). The number of benzene rings is 3. The number of carbonyl (C=O) groups excluding carboxylic acids is 1. The van der Waals surface area contributed by atoms with E-state index in [2.05, 4.69) is 18.3 Å². The lowest BCUT2D eigenvalue weighted by molar-refractivity contribution is -0.116. The monoisotopic (exact) mass is 413 g/mol. The third kappa shape index (κ3) is 4.61. The van der Waals surface area contributed by atoms with Crippen molar-refractivity contribution < 1.29 is 9.53 Å². The van der Waals surface area contributed by atoms with Gasteiger partial charge in [-0.25, -0.2) is 4.98 Å². The summed E-state index contributed by atoms with van der Waals surface area (Å²) in [5.74, 6) is 1.45. The SMILES string of the molecule is Cc1ccc(C)c(OCc2nc3ccccc3n2CC(=O)Nc2ccc(C)c(C)c2)c1. The molecule has 0 aliphatic heterocycles. The van der Waals surface area contributed by atoms with Crippen molar-refractivity contribution in [3.63, 3.8) is 0 Å². The average Bonchev–Trinajstić information content (AvgIpc) is 3.09. The van der Waals surface area contributed by atoms with E-state index in [9.17, 15) is 4.79 Å². The van der Waals surface area contributed by atoms with Crippen molar-refractivity contribution in [2.24, 2.45) is 0 Å². The van der Waals surface area contributed by atoms with Crippen molar-refractivity contribution in [1.29, 1.82) is 0 Å². The average molecular weight is 414 g/mol. The molecule has 0 unspecified atom stereocenters. The molecule has 5 heteroatoms. The summed E-state index contributed by atoms with van der Waals surface area (Å²) in [7, 11) is 0. The molecule has 1 heterocycles. The Labute approximate surface area is 182 Å². The maximum Gasteiger partial charge on any atom is 0.244 e. The number of para-hydroxylation sites is 2. The zero-order chi connectivity index (χ0) is 22.0. The van der Waals surface area contributed by atoms with Crippen LogP contribution in [-0.4, -0.2) is 15.5 Å². The number of nitrogens with zero attached hydrogens (tertiary/aromatic N) is 2. The molecule has 158 valence electrons. The number of hydrogen-bond donors (Lipinski definition) is 1. The van der Waals surface area contributed by atoms with Gasteiger partial charge in [0.15, 0.2) is 0 Å². The van der Waals surface area contributed by atoms with Crippen LogP contribution in [0.2, 0.25) is 0 Å². The lowest BCUT2D eigenvalue weighted by Crippen LogP contribution is -2.21. The highest BCUT2D eigenvalue weighted by atomic mass is 16.5. The second-order valence-electron chi connectivity index (χ2n) is 8.01. The van der Waals surface area contributed by atoms with Crippen LogP contribution in [-0.2, 0) is 17.9 Å². The number of anilines is 1. The first-order valence-electron chi connectivity index (χ1n) is 10.4. The minimum absolute atomic E-state index is 0.0978. The summed E-state index contributed by atoms with van der Waals surface area (Å²) in [5, 5.41) is 3.00. The lowest BCUT2D eigenvalue weighted by Gasteiger charge is -2.13. The highest BCUT2D eigenvalue weighted by Gasteiger charge is 2.15. The van der Waals surface area contributed by atoms with Crippen molar-refractivity contribution >= 4 is 22.6 Å². The van der Waals surface area contributed by atoms with E-state index in [1.165, 1.54) is 5.56 Å². The first kappa shape index (κ1) is 20.7. The molecule has 0 saturated heterocycles. The zero-order valence-corrected chi connectivity index (χ0v) is 18.4. The molecule has 1 aromatic heterocycles. The molecule has 0 atom stereocenters. The minimum Gasteiger partial charge on any atom is -0.485 e. The maximum absolute atomic E-state index is 12.8. The second-order valence-corrected chi connectivity index (χ2v) is 8.01. The maximum atomic E-state index is 12.8. The molecule has 4 aromatic rings. The van der Waals surface area contributed by atoms with E-state index < -0.39 is 0 Å². The Kier molecular flexibility index (Phi) is 5.76. The predicted molar refractivity (Wildman–Crippen MR) is 125 cm³/mol. The first-order chi connectivity index (χ1) is 14.9. The number of aromatic nitrogens is 2. The van der Waals surface area contributed by atoms with Crippen LogP contribution in [0.4, 0.5) is 5.69 Å². The van der Waals surface area contributed by atoms with E-state index in [1.807, 2.05) is 79.9 Å². The molecule has 0 radical (unpaired) electrons. The van der Waals surface area contributed by atoms with Gasteiger partial charge in [-0.3, -0.25) is 4.79 Å². The summed E-state index contributed by atoms with van der Waals surface area (Å²) < 4.78 is 8.02. The molecule has 1 N–H and O–H groups in total. The molecule has 3 aromatic carbocycles. The summed E-state index contributed by atoms with van der Waals surface area (Å²) in [5.41, 5.74) is 7.12. The first-order valence-corrected chi connectivity index (χ1v) is 10.4. The second kappa shape index (κ2) is 8.64. The highest BCUT2D eigenvalue weighted by molar-refractivity contribution is 5.91. The summed E-state index contributed by atoms with van der Waals surface area (Å²) in [6.45, 7) is 8.61. The van der Waals surface area contributed by atoms with Gasteiger partial charge < -0.3 is 14.6 Å². The number of hydrogen-bond acceptors (Lipinski definition) is 3. The van der Waals surface area contributed by atoms with Gasteiger partial charge >= 0.3 is 0 Å². The topological polar surface area (TPSA) is 56.2 Å². The molecule has 0 aliphatic rings. The molecule has 0 saturated carbocycles. The molecular formula is C26H27N3O2. The quantitative estimate of drug-likeness (QED) is 0.455. The largest absolute Gasteiger partial charge is 0.485 e. The van der Waals surface area contributed by atoms with Gasteiger partial charge in [-0.1, -0.05) is 30.3 Å². The Balaban J connectivity index is 1.58. The number of ether oxygens (including phenoxy) is 1. The van der Waals surface area contributed by atoms with Crippen LogP contribution in [0.1, 0.15) is 28.1 Å². The van der Waals surface area contributed by atoms with E-state index in [0.717, 1.165) is 45.0 Å². The normalized spacial score (nSPS) is 11.0. The Morgan fingerprint density at radius 3 is 2.52 bits per heavy atom. The fourth-order valence-corrected chi connectivity index (χ4v) is 3.58. The van der Waals surface area contributed by atoms with Crippen LogP contribution in [0.3, 0.4) is 0 Å². The molecule has 0 bridgehead atoms. The number of aryl methyl sites for hydroxylation is 4. The van der Waals surface area contributed by atoms with Gasteiger partial charge in [0.2, 0.25) is 5.91 Å². The van der Waals surface area contributed by atoms with Gasteiger partial charge in [0.05, 0.1) is 11.0 Å².